The summed E-state index contributed by atoms with van der Waals surface area (Å²) in [5.74, 6) is -1.99. The molecule has 2 heterocycles. The number of benzene rings is 2. The first-order valence-corrected chi connectivity index (χ1v) is 11.7. The Labute approximate surface area is 190 Å². The molecule has 0 unspecified atom stereocenters. The molecule has 3 aromatic rings. The average Bonchev–Trinajstić information content (AvgIpc) is 3.51. The summed E-state index contributed by atoms with van der Waals surface area (Å²) >= 11 is 0. The molecule has 1 N–H and O–H groups in total. The van der Waals surface area contributed by atoms with Gasteiger partial charge in [0.25, 0.3) is 5.91 Å². The molecule has 8 nitrogen and oxygen atoms in total. The fourth-order valence-corrected chi connectivity index (χ4v) is 4.96. The zero-order valence-electron chi connectivity index (χ0n) is 17.5. The van der Waals surface area contributed by atoms with Gasteiger partial charge in [0.05, 0.1) is 10.5 Å². The van der Waals surface area contributed by atoms with E-state index in [9.17, 15) is 22.4 Å². The molecule has 1 saturated heterocycles. The van der Waals surface area contributed by atoms with Gasteiger partial charge in [-0.05, 0) is 61.4 Å². The number of carbonyl (C=O) groups excluding carboxylic acids is 2. The molecule has 1 aliphatic rings. The van der Waals surface area contributed by atoms with Gasteiger partial charge in [-0.15, -0.1) is 0 Å². The van der Waals surface area contributed by atoms with Gasteiger partial charge >= 0.3 is 5.97 Å². The second-order valence-electron chi connectivity index (χ2n) is 7.40. The summed E-state index contributed by atoms with van der Waals surface area (Å²) in [6, 6.07) is 14.5. The lowest BCUT2D eigenvalue weighted by Crippen LogP contribution is -2.27. The third kappa shape index (κ3) is 5.12. The van der Waals surface area contributed by atoms with Gasteiger partial charge in [-0.3, -0.25) is 4.79 Å². The summed E-state index contributed by atoms with van der Waals surface area (Å²) < 4.78 is 50.7. The van der Waals surface area contributed by atoms with Crippen LogP contribution in [-0.4, -0.2) is 44.3 Å². The highest BCUT2D eigenvalue weighted by Gasteiger charge is 2.27. The van der Waals surface area contributed by atoms with E-state index in [1.807, 2.05) is 0 Å². The molecule has 1 fully saturated rings. The number of nitrogens with one attached hydrogen (secondary N) is 1. The lowest BCUT2D eigenvalue weighted by atomic mass is 10.1. The number of halogens is 1. The Balaban J connectivity index is 1.31. The fourth-order valence-electron chi connectivity index (χ4n) is 3.44. The van der Waals surface area contributed by atoms with Crippen LogP contribution in [0, 0.1) is 5.82 Å². The molecule has 0 radical (unpaired) electrons. The van der Waals surface area contributed by atoms with Gasteiger partial charge in [-0.25, -0.2) is 17.6 Å². The molecular formula is C23H21FN2O6S. The Hall–Kier alpha value is -3.50. The molecule has 0 aliphatic carbocycles. The third-order valence-electron chi connectivity index (χ3n) is 5.12. The average molecular weight is 472 g/mol. The van der Waals surface area contributed by atoms with Crippen LogP contribution in [0.1, 0.15) is 23.4 Å². The maximum atomic E-state index is 13.9. The van der Waals surface area contributed by atoms with Gasteiger partial charge in [-0.2, -0.15) is 4.31 Å². The topological polar surface area (TPSA) is 106 Å². The van der Waals surface area contributed by atoms with Crippen molar-refractivity contribution in [3.8, 4) is 11.3 Å². The molecule has 1 aromatic heterocycles. The largest absolute Gasteiger partial charge is 0.450 e. The maximum absolute atomic E-state index is 13.9. The van der Waals surface area contributed by atoms with Crippen molar-refractivity contribution in [2.24, 2.45) is 0 Å². The van der Waals surface area contributed by atoms with Crippen molar-refractivity contribution in [3.05, 3.63) is 72.2 Å². The van der Waals surface area contributed by atoms with Crippen molar-refractivity contribution in [3.63, 3.8) is 0 Å². The van der Waals surface area contributed by atoms with Crippen molar-refractivity contribution >= 4 is 27.6 Å². The van der Waals surface area contributed by atoms with Gasteiger partial charge < -0.3 is 14.5 Å². The van der Waals surface area contributed by atoms with E-state index in [0.29, 0.717) is 18.8 Å². The lowest BCUT2D eigenvalue weighted by Gasteiger charge is -2.15. The molecule has 0 atom stereocenters. The molecule has 1 amide bonds. The van der Waals surface area contributed by atoms with Crippen LogP contribution in [-0.2, 0) is 19.6 Å². The van der Waals surface area contributed by atoms with E-state index in [2.05, 4.69) is 5.32 Å². The number of carbonyl (C=O) groups is 2. The van der Waals surface area contributed by atoms with Crippen molar-refractivity contribution in [2.45, 2.75) is 17.7 Å². The standard InChI is InChI=1S/C23H21FN2O6S/c24-19-6-2-1-5-18(19)20-11-12-21(32-20)23(28)31-15-22(27)25-16-7-9-17(10-8-16)33(29,30)26-13-3-4-14-26/h1-2,5-12H,3-4,13-15H2,(H,25,27). The summed E-state index contributed by atoms with van der Waals surface area (Å²) in [6.07, 6.45) is 1.68. The molecule has 10 heteroatoms. The fraction of sp³-hybridized carbons (Fsp3) is 0.217. The lowest BCUT2D eigenvalue weighted by molar-refractivity contribution is -0.119. The molecule has 0 saturated carbocycles. The number of sulfonamides is 1. The van der Waals surface area contributed by atoms with E-state index in [1.165, 1.54) is 58.9 Å². The smallest absolute Gasteiger partial charge is 0.374 e. The number of rotatable bonds is 7. The number of nitrogens with zero attached hydrogens (tertiary/aromatic N) is 1. The van der Waals surface area contributed by atoms with E-state index in [1.54, 1.807) is 6.07 Å². The Morgan fingerprint density at radius 1 is 1.00 bits per heavy atom. The van der Waals surface area contributed by atoms with Crippen LogP contribution in [0.25, 0.3) is 11.3 Å². The Morgan fingerprint density at radius 3 is 2.39 bits per heavy atom. The van der Waals surface area contributed by atoms with Gasteiger partial charge in [0.1, 0.15) is 11.6 Å². The molecule has 2 aromatic carbocycles. The zero-order valence-corrected chi connectivity index (χ0v) is 18.3. The van der Waals surface area contributed by atoms with Crippen LogP contribution >= 0.6 is 0 Å². The summed E-state index contributed by atoms with van der Waals surface area (Å²) in [6.45, 7) is 0.426. The molecule has 4 rings (SSSR count). The van der Waals surface area contributed by atoms with Crippen molar-refractivity contribution < 1.29 is 31.6 Å². The first kappa shape index (κ1) is 22.7. The van der Waals surface area contributed by atoms with Crippen LogP contribution in [0.2, 0.25) is 0 Å². The summed E-state index contributed by atoms with van der Waals surface area (Å²) in [4.78, 5) is 24.4. The second-order valence-corrected chi connectivity index (χ2v) is 9.34. The first-order valence-electron chi connectivity index (χ1n) is 10.3. The Kier molecular flexibility index (Phi) is 6.57. The number of amides is 1. The van der Waals surface area contributed by atoms with Crippen molar-refractivity contribution in [2.75, 3.05) is 25.0 Å². The number of hydrogen-bond acceptors (Lipinski definition) is 6. The van der Waals surface area contributed by atoms with E-state index >= 15 is 0 Å². The highest BCUT2D eigenvalue weighted by Crippen LogP contribution is 2.25. The second kappa shape index (κ2) is 9.55. The van der Waals surface area contributed by atoms with Crippen LogP contribution in [0.3, 0.4) is 0 Å². The SMILES string of the molecule is O=C(COC(=O)c1ccc(-c2ccccc2F)o1)Nc1ccc(S(=O)(=O)N2CCCC2)cc1. The van der Waals surface area contributed by atoms with Crippen LogP contribution in [0.5, 0.6) is 0 Å². The highest BCUT2D eigenvalue weighted by atomic mass is 32.2. The molecule has 0 spiro atoms. The number of anilines is 1. The Bertz CT molecular complexity index is 1260. The van der Waals surface area contributed by atoms with E-state index in [-0.39, 0.29) is 22.0 Å². The van der Waals surface area contributed by atoms with E-state index in [0.717, 1.165) is 12.8 Å². The molecule has 172 valence electrons. The van der Waals surface area contributed by atoms with Crippen molar-refractivity contribution in [1.82, 2.24) is 4.31 Å². The highest BCUT2D eigenvalue weighted by molar-refractivity contribution is 7.89. The number of esters is 1. The van der Waals surface area contributed by atoms with Gasteiger partial charge in [0.15, 0.2) is 6.61 Å². The van der Waals surface area contributed by atoms with Crippen LogP contribution in [0.4, 0.5) is 10.1 Å². The maximum Gasteiger partial charge on any atom is 0.374 e. The third-order valence-corrected chi connectivity index (χ3v) is 7.03. The van der Waals surface area contributed by atoms with Gasteiger partial charge in [-0.1, -0.05) is 12.1 Å². The quantitative estimate of drug-likeness (QED) is 0.526. The number of ether oxygens (including phenoxy) is 1. The van der Waals surface area contributed by atoms with Gasteiger partial charge in [0, 0.05) is 18.8 Å². The minimum absolute atomic E-state index is 0.150. The molecule has 33 heavy (non-hydrogen) atoms. The monoisotopic (exact) mass is 472 g/mol. The molecular weight excluding hydrogens is 451 g/mol. The van der Waals surface area contributed by atoms with E-state index in [4.69, 9.17) is 9.15 Å². The number of hydrogen-bond donors (Lipinski definition) is 1. The molecule has 0 bridgehead atoms. The van der Waals surface area contributed by atoms with Crippen molar-refractivity contribution in [1.29, 1.82) is 0 Å². The summed E-state index contributed by atoms with van der Waals surface area (Å²) in [5.41, 5.74) is 0.556. The summed E-state index contributed by atoms with van der Waals surface area (Å²) in [7, 11) is -3.54. The minimum Gasteiger partial charge on any atom is -0.450 e. The summed E-state index contributed by atoms with van der Waals surface area (Å²) in [5, 5.41) is 2.53. The van der Waals surface area contributed by atoms with Gasteiger partial charge in [0.2, 0.25) is 15.8 Å². The number of furan rings is 1. The van der Waals surface area contributed by atoms with E-state index < -0.39 is 34.3 Å². The first-order chi connectivity index (χ1) is 15.8. The molecule has 1 aliphatic heterocycles. The predicted molar refractivity (Wildman–Crippen MR) is 117 cm³/mol. The minimum atomic E-state index is -3.54. The predicted octanol–water partition coefficient (Wildman–Crippen LogP) is 3.67. The van der Waals surface area contributed by atoms with Crippen LogP contribution < -0.4 is 5.32 Å². The zero-order chi connectivity index (χ0) is 23.4. The normalized spacial score (nSPS) is 14.2. The van der Waals surface area contributed by atoms with Crippen LogP contribution in [0.15, 0.2) is 70.0 Å². The Morgan fingerprint density at radius 2 is 1.70 bits per heavy atom.